The van der Waals surface area contributed by atoms with E-state index in [0.717, 1.165) is 0 Å². The van der Waals surface area contributed by atoms with Crippen LogP contribution in [0.5, 0.6) is 0 Å². The van der Waals surface area contributed by atoms with E-state index in [1.807, 2.05) is 0 Å². The Balaban J connectivity index is 1.66. The van der Waals surface area contributed by atoms with E-state index in [2.05, 4.69) is 0 Å². The third-order valence-corrected chi connectivity index (χ3v) is 2.91. The maximum atomic E-state index is 13.0. The molecule has 5 heteroatoms. The Morgan fingerprint density at radius 3 is 1.71 bits per heavy atom. The highest BCUT2D eigenvalue weighted by Gasteiger charge is 2.00. The van der Waals surface area contributed by atoms with Crippen LogP contribution in [0.3, 0.4) is 0 Å². The van der Waals surface area contributed by atoms with Gasteiger partial charge in [-0.05, 0) is 47.5 Å². The minimum Gasteiger partial charge on any atom is -0.430 e. The molecule has 0 saturated carbocycles. The van der Waals surface area contributed by atoms with Gasteiger partial charge in [-0.3, -0.25) is 0 Å². The number of rotatable bonds is 6. The molecule has 124 valence electrons. The quantitative estimate of drug-likeness (QED) is 0.711. The van der Waals surface area contributed by atoms with E-state index in [-0.39, 0.29) is 24.8 Å². The molecule has 0 atom stereocenters. The summed E-state index contributed by atoms with van der Waals surface area (Å²) in [5.74, 6) is -0.662. The fourth-order valence-corrected chi connectivity index (χ4v) is 1.86. The number of hydrogen-bond donors (Lipinski definition) is 0. The maximum Gasteiger partial charge on any atom is 0.508 e. The van der Waals surface area contributed by atoms with E-state index in [1.54, 1.807) is 48.6 Å². The summed E-state index contributed by atoms with van der Waals surface area (Å²) in [6, 6.07) is 12.1. The molecule has 2 aromatic rings. The van der Waals surface area contributed by atoms with E-state index in [9.17, 15) is 13.6 Å². The third-order valence-electron chi connectivity index (χ3n) is 2.91. The summed E-state index contributed by atoms with van der Waals surface area (Å²) in [6.07, 6.45) is 5.63. The lowest BCUT2D eigenvalue weighted by atomic mass is 10.2. The van der Waals surface area contributed by atoms with E-state index in [4.69, 9.17) is 9.47 Å². The van der Waals surface area contributed by atoms with Gasteiger partial charge in [-0.1, -0.05) is 36.4 Å². The van der Waals surface area contributed by atoms with Crippen LogP contribution in [0.1, 0.15) is 11.1 Å². The molecule has 0 radical (unpaired) electrons. The molecule has 2 rings (SSSR count). The summed E-state index contributed by atoms with van der Waals surface area (Å²) in [5, 5.41) is 0. The largest absolute Gasteiger partial charge is 0.508 e. The Bertz CT molecular complexity index is 677. The van der Waals surface area contributed by atoms with E-state index in [1.165, 1.54) is 24.3 Å². The van der Waals surface area contributed by atoms with Crippen LogP contribution >= 0.6 is 0 Å². The van der Waals surface area contributed by atoms with Crippen LogP contribution in [0.2, 0.25) is 0 Å². The van der Waals surface area contributed by atoms with Crippen LogP contribution in [-0.4, -0.2) is 19.4 Å². The molecule has 3 nitrogen and oxygen atoms in total. The number of carbonyl (C=O) groups excluding carboxylic acids is 1. The smallest absolute Gasteiger partial charge is 0.430 e. The van der Waals surface area contributed by atoms with Crippen molar-refractivity contribution in [2.45, 2.75) is 0 Å². The molecule has 0 bridgehead atoms. The molecule has 2 aromatic carbocycles. The van der Waals surface area contributed by atoms with Crippen LogP contribution in [0.4, 0.5) is 13.6 Å². The molecule has 0 aliphatic rings. The number of hydrogen-bond acceptors (Lipinski definition) is 3. The molecular formula is C19H16F2O3. The van der Waals surface area contributed by atoms with Crippen molar-refractivity contribution < 1.29 is 23.0 Å². The molecule has 0 aliphatic carbocycles. The first-order valence-corrected chi connectivity index (χ1v) is 7.27. The van der Waals surface area contributed by atoms with E-state index < -0.39 is 6.16 Å². The minimum absolute atomic E-state index is 0.0168. The second kappa shape index (κ2) is 9.25. The molecule has 0 aromatic heterocycles. The van der Waals surface area contributed by atoms with Crippen molar-refractivity contribution in [2.24, 2.45) is 0 Å². The SMILES string of the molecule is O=C(OCC=Cc1cccc(F)c1)OCC=Cc1cccc(F)c1. The minimum atomic E-state index is -0.817. The van der Waals surface area contributed by atoms with Crippen LogP contribution in [0.25, 0.3) is 12.2 Å². The average molecular weight is 330 g/mol. The summed E-state index contributed by atoms with van der Waals surface area (Å²) < 4.78 is 35.6. The van der Waals surface area contributed by atoms with Crippen molar-refractivity contribution in [3.8, 4) is 0 Å². The fourth-order valence-electron chi connectivity index (χ4n) is 1.86. The highest BCUT2D eigenvalue weighted by atomic mass is 19.1. The Kier molecular flexibility index (Phi) is 6.71. The number of benzene rings is 2. The maximum absolute atomic E-state index is 13.0. The Hall–Kier alpha value is -2.95. The van der Waals surface area contributed by atoms with Crippen LogP contribution in [0.15, 0.2) is 60.7 Å². The number of ether oxygens (including phenoxy) is 2. The van der Waals surface area contributed by atoms with Crippen LogP contribution < -0.4 is 0 Å². The predicted octanol–water partition coefficient (Wildman–Crippen LogP) is 4.84. The molecule has 0 fully saturated rings. The van der Waals surface area contributed by atoms with Gasteiger partial charge in [0.15, 0.2) is 0 Å². The van der Waals surface area contributed by atoms with Crippen molar-refractivity contribution in [1.29, 1.82) is 0 Å². The summed E-state index contributed by atoms with van der Waals surface area (Å²) in [7, 11) is 0. The zero-order valence-corrected chi connectivity index (χ0v) is 12.8. The van der Waals surface area contributed by atoms with Crippen molar-refractivity contribution in [3.05, 3.63) is 83.4 Å². The third kappa shape index (κ3) is 6.44. The molecule has 24 heavy (non-hydrogen) atoms. The fraction of sp³-hybridized carbons (Fsp3) is 0.105. The van der Waals surface area contributed by atoms with Crippen LogP contribution in [-0.2, 0) is 9.47 Å². The van der Waals surface area contributed by atoms with Gasteiger partial charge in [0.2, 0.25) is 0 Å². The highest BCUT2D eigenvalue weighted by Crippen LogP contribution is 2.06. The van der Waals surface area contributed by atoms with Crippen molar-refractivity contribution in [3.63, 3.8) is 0 Å². The van der Waals surface area contributed by atoms with Gasteiger partial charge in [0.25, 0.3) is 0 Å². The number of carbonyl (C=O) groups is 1. The molecule has 0 N–H and O–H groups in total. The van der Waals surface area contributed by atoms with Crippen LogP contribution in [0, 0.1) is 11.6 Å². The second-order valence-electron chi connectivity index (χ2n) is 4.79. The first-order valence-electron chi connectivity index (χ1n) is 7.27. The van der Waals surface area contributed by atoms with Gasteiger partial charge in [-0.25, -0.2) is 13.6 Å². The molecule has 0 saturated heterocycles. The van der Waals surface area contributed by atoms with Gasteiger partial charge in [0.05, 0.1) is 0 Å². The van der Waals surface area contributed by atoms with Gasteiger partial charge in [-0.15, -0.1) is 0 Å². The lowest BCUT2D eigenvalue weighted by molar-refractivity contribution is 0.0720. The predicted molar refractivity (Wildman–Crippen MR) is 88.2 cm³/mol. The Labute approximate surface area is 138 Å². The summed E-state index contributed by atoms with van der Waals surface area (Å²) in [6.45, 7) is 0.0336. The van der Waals surface area contributed by atoms with Gasteiger partial charge >= 0.3 is 6.16 Å². The van der Waals surface area contributed by atoms with Gasteiger partial charge in [0, 0.05) is 0 Å². The topological polar surface area (TPSA) is 35.5 Å². The monoisotopic (exact) mass is 330 g/mol. The standard InChI is InChI=1S/C19H16F2O3/c20-17-9-1-5-15(13-17)7-3-11-23-19(22)24-12-4-8-16-6-2-10-18(21)14-16/h1-10,13-14H,11-12H2. The first-order chi connectivity index (χ1) is 11.6. The first kappa shape index (κ1) is 17.4. The summed E-state index contributed by atoms with van der Waals surface area (Å²) in [5.41, 5.74) is 1.34. The summed E-state index contributed by atoms with van der Waals surface area (Å²) in [4.78, 5) is 11.3. The second-order valence-corrected chi connectivity index (χ2v) is 4.79. The molecule has 0 spiro atoms. The molecule has 0 aliphatic heterocycles. The van der Waals surface area contributed by atoms with Crippen molar-refractivity contribution in [1.82, 2.24) is 0 Å². The normalized spacial score (nSPS) is 11.1. The van der Waals surface area contributed by atoms with E-state index in [0.29, 0.717) is 11.1 Å². The Morgan fingerprint density at radius 2 is 1.29 bits per heavy atom. The zero-order chi connectivity index (χ0) is 17.2. The van der Waals surface area contributed by atoms with Gasteiger partial charge in [0.1, 0.15) is 24.8 Å². The van der Waals surface area contributed by atoms with Crippen molar-refractivity contribution >= 4 is 18.3 Å². The zero-order valence-electron chi connectivity index (χ0n) is 12.8. The molecular weight excluding hydrogens is 314 g/mol. The van der Waals surface area contributed by atoms with Gasteiger partial charge in [-0.2, -0.15) is 0 Å². The lowest BCUT2D eigenvalue weighted by Gasteiger charge is -2.01. The highest BCUT2D eigenvalue weighted by molar-refractivity contribution is 5.61. The summed E-state index contributed by atoms with van der Waals surface area (Å²) >= 11 is 0. The van der Waals surface area contributed by atoms with E-state index >= 15 is 0 Å². The Morgan fingerprint density at radius 1 is 0.833 bits per heavy atom. The average Bonchev–Trinajstić information content (AvgIpc) is 2.56. The van der Waals surface area contributed by atoms with Crippen molar-refractivity contribution in [2.75, 3.05) is 13.2 Å². The molecule has 0 heterocycles. The lowest BCUT2D eigenvalue weighted by Crippen LogP contribution is -2.07. The molecule has 0 amide bonds. The van der Waals surface area contributed by atoms with Gasteiger partial charge < -0.3 is 9.47 Å². The number of halogens is 2. The molecule has 0 unspecified atom stereocenters.